The molecule has 150 valence electrons. The van der Waals surface area contributed by atoms with Crippen molar-refractivity contribution < 1.29 is 18.7 Å². The van der Waals surface area contributed by atoms with E-state index in [2.05, 4.69) is 16.7 Å². The first kappa shape index (κ1) is 20.2. The highest BCUT2D eigenvalue weighted by atomic mass is 16.5. The summed E-state index contributed by atoms with van der Waals surface area (Å²) in [5.74, 6) is -0.0685. The molecule has 2 amide bonds. The number of urea groups is 1. The third kappa shape index (κ3) is 4.83. The fourth-order valence-corrected chi connectivity index (χ4v) is 3.24. The molecule has 1 atom stereocenters. The maximum atomic E-state index is 12.7. The number of amides is 2. The highest BCUT2D eigenvalue weighted by Gasteiger charge is 2.35. The van der Waals surface area contributed by atoms with E-state index in [1.54, 1.807) is 25.1 Å². The zero-order valence-electron chi connectivity index (χ0n) is 16.3. The van der Waals surface area contributed by atoms with Gasteiger partial charge in [-0.05, 0) is 43.8 Å². The Balaban J connectivity index is 1.88. The van der Waals surface area contributed by atoms with Crippen molar-refractivity contribution >= 4 is 12.0 Å². The molecule has 0 fully saturated rings. The van der Waals surface area contributed by atoms with Gasteiger partial charge in [-0.1, -0.05) is 12.1 Å². The molecule has 0 saturated carbocycles. The van der Waals surface area contributed by atoms with Crippen LogP contribution in [-0.2, 0) is 16.1 Å². The Morgan fingerprint density at radius 1 is 1.31 bits per heavy atom. The molecule has 1 unspecified atom stereocenters. The predicted molar refractivity (Wildman–Crippen MR) is 104 cm³/mol. The highest BCUT2D eigenvalue weighted by Crippen LogP contribution is 2.28. The number of likely N-dealkylation sites (N-methyl/N-ethyl adjacent to an activating group) is 1. The smallest absolute Gasteiger partial charge is 0.338 e. The van der Waals surface area contributed by atoms with E-state index < -0.39 is 18.0 Å². The second-order valence-electron chi connectivity index (χ2n) is 6.64. The summed E-state index contributed by atoms with van der Waals surface area (Å²) in [6.45, 7) is 2.77. The maximum absolute atomic E-state index is 12.7. The van der Waals surface area contributed by atoms with Gasteiger partial charge in [0.1, 0.15) is 11.8 Å². The van der Waals surface area contributed by atoms with E-state index in [0.29, 0.717) is 35.7 Å². The topological polar surface area (TPSA) is 108 Å². The van der Waals surface area contributed by atoms with Crippen LogP contribution < -0.4 is 10.6 Å². The molecule has 0 saturated heterocycles. The summed E-state index contributed by atoms with van der Waals surface area (Å²) >= 11 is 0. The predicted octanol–water partition coefficient (Wildman–Crippen LogP) is 2.45. The van der Waals surface area contributed by atoms with Crippen molar-refractivity contribution in [2.75, 3.05) is 20.2 Å². The molecule has 2 aromatic rings. The molecular formula is C21H22N4O4. The molecule has 29 heavy (non-hydrogen) atoms. The SMILES string of the molecule is CCOC(=O)C1=C(CN(C)Cc2cccc(C#N)c2)NC(=O)NC1c1ccco1. The van der Waals surface area contributed by atoms with Crippen molar-refractivity contribution in [3.8, 4) is 6.07 Å². The molecule has 2 heterocycles. The van der Waals surface area contributed by atoms with Crippen LogP contribution in [0, 0.1) is 11.3 Å². The van der Waals surface area contributed by atoms with E-state index in [1.165, 1.54) is 6.26 Å². The summed E-state index contributed by atoms with van der Waals surface area (Å²) in [5.41, 5.74) is 2.29. The average molecular weight is 394 g/mol. The van der Waals surface area contributed by atoms with Crippen molar-refractivity contribution in [2.24, 2.45) is 0 Å². The second-order valence-corrected chi connectivity index (χ2v) is 6.64. The van der Waals surface area contributed by atoms with Gasteiger partial charge in [-0.2, -0.15) is 5.26 Å². The zero-order valence-corrected chi connectivity index (χ0v) is 16.3. The number of benzene rings is 1. The average Bonchev–Trinajstić information content (AvgIpc) is 3.22. The molecule has 1 aromatic carbocycles. The number of hydrogen-bond acceptors (Lipinski definition) is 6. The summed E-state index contributed by atoms with van der Waals surface area (Å²) in [4.78, 5) is 26.8. The lowest BCUT2D eigenvalue weighted by molar-refractivity contribution is -0.139. The van der Waals surface area contributed by atoms with Crippen LogP contribution in [0.3, 0.4) is 0 Å². The van der Waals surface area contributed by atoms with Crippen LogP contribution in [0.5, 0.6) is 0 Å². The van der Waals surface area contributed by atoms with Gasteiger partial charge in [0.25, 0.3) is 0 Å². The lowest BCUT2D eigenvalue weighted by atomic mass is 9.99. The molecular weight excluding hydrogens is 372 g/mol. The molecule has 0 bridgehead atoms. The monoisotopic (exact) mass is 394 g/mol. The third-order valence-corrected chi connectivity index (χ3v) is 4.41. The molecule has 0 aliphatic carbocycles. The number of esters is 1. The molecule has 2 N–H and O–H groups in total. The summed E-state index contributed by atoms with van der Waals surface area (Å²) in [6.07, 6.45) is 1.49. The molecule has 0 spiro atoms. The normalized spacial score (nSPS) is 16.2. The maximum Gasteiger partial charge on any atom is 0.338 e. The van der Waals surface area contributed by atoms with Gasteiger partial charge in [0.05, 0.1) is 30.1 Å². The van der Waals surface area contributed by atoms with Crippen LogP contribution in [-0.4, -0.2) is 37.1 Å². The number of nitrogens with one attached hydrogen (secondary N) is 2. The number of ether oxygens (including phenoxy) is 1. The fourth-order valence-electron chi connectivity index (χ4n) is 3.24. The van der Waals surface area contributed by atoms with Crippen molar-refractivity contribution in [1.82, 2.24) is 15.5 Å². The van der Waals surface area contributed by atoms with Crippen molar-refractivity contribution in [3.63, 3.8) is 0 Å². The molecule has 8 heteroatoms. The van der Waals surface area contributed by atoms with Gasteiger partial charge in [-0.25, -0.2) is 9.59 Å². The van der Waals surface area contributed by atoms with Gasteiger partial charge in [0, 0.05) is 18.8 Å². The first-order chi connectivity index (χ1) is 14.0. The van der Waals surface area contributed by atoms with E-state index in [-0.39, 0.29) is 6.61 Å². The van der Waals surface area contributed by atoms with Gasteiger partial charge < -0.3 is 19.8 Å². The molecule has 1 aliphatic rings. The van der Waals surface area contributed by atoms with Gasteiger partial charge in [-0.3, -0.25) is 4.90 Å². The van der Waals surface area contributed by atoms with Crippen molar-refractivity contribution in [1.29, 1.82) is 5.26 Å². The fraction of sp³-hybridized carbons (Fsp3) is 0.286. The molecule has 1 aliphatic heterocycles. The quantitative estimate of drug-likeness (QED) is 0.699. The van der Waals surface area contributed by atoms with E-state index in [9.17, 15) is 9.59 Å². The van der Waals surface area contributed by atoms with Crippen LogP contribution >= 0.6 is 0 Å². The molecule has 8 nitrogen and oxygen atoms in total. The second kappa shape index (κ2) is 9.08. The van der Waals surface area contributed by atoms with Crippen LogP contribution in [0.1, 0.15) is 29.9 Å². The van der Waals surface area contributed by atoms with Gasteiger partial charge in [0.15, 0.2) is 0 Å². The minimum absolute atomic E-state index is 0.214. The number of nitriles is 1. The van der Waals surface area contributed by atoms with Gasteiger partial charge in [-0.15, -0.1) is 0 Å². The Morgan fingerprint density at radius 2 is 2.14 bits per heavy atom. The van der Waals surface area contributed by atoms with Crippen LogP contribution in [0.2, 0.25) is 0 Å². The van der Waals surface area contributed by atoms with E-state index in [0.717, 1.165) is 5.56 Å². The summed E-state index contributed by atoms with van der Waals surface area (Å²) in [5, 5.41) is 14.5. The first-order valence-electron chi connectivity index (χ1n) is 9.20. The molecule has 1 aromatic heterocycles. The van der Waals surface area contributed by atoms with Crippen molar-refractivity contribution in [3.05, 3.63) is 70.8 Å². The van der Waals surface area contributed by atoms with Crippen LogP contribution in [0.15, 0.2) is 58.3 Å². The number of furan rings is 1. The minimum Gasteiger partial charge on any atom is -0.467 e. The Hall–Kier alpha value is -3.57. The minimum atomic E-state index is -0.733. The van der Waals surface area contributed by atoms with Gasteiger partial charge >= 0.3 is 12.0 Å². The number of carbonyl (C=O) groups excluding carboxylic acids is 2. The first-order valence-corrected chi connectivity index (χ1v) is 9.20. The van der Waals surface area contributed by atoms with Gasteiger partial charge in [0.2, 0.25) is 0 Å². The Labute approximate surface area is 168 Å². The summed E-state index contributed by atoms with van der Waals surface area (Å²) in [6, 6.07) is 11.7. The number of nitrogens with zero attached hydrogens (tertiary/aromatic N) is 2. The van der Waals surface area contributed by atoms with Crippen LogP contribution in [0.25, 0.3) is 0 Å². The Morgan fingerprint density at radius 3 is 2.83 bits per heavy atom. The van der Waals surface area contributed by atoms with E-state index in [4.69, 9.17) is 14.4 Å². The number of hydrogen-bond donors (Lipinski definition) is 2. The molecule has 3 rings (SSSR count). The number of rotatable bonds is 7. The highest BCUT2D eigenvalue weighted by molar-refractivity contribution is 5.95. The van der Waals surface area contributed by atoms with Crippen molar-refractivity contribution in [2.45, 2.75) is 19.5 Å². The summed E-state index contributed by atoms with van der Waals surface area (Å²) < 4.78 is 10.6. The Kier molecular flexibility index (Phi) is 6.32. The number of carbonyl (C=O) groups is 2. The standard InChI is InChI=1S/C21H22N4O4/c1-3-28-20(26)18-16(23-21(27)24-19(18)17-8-5-9-29-17)13-25(2)12-15-7-4-6-14(10-15)11-22/h4-10,19H,3,12-13H2,1-2H3,(H2,23,24,27). The largest absolute Gasteiger partial charge is 0.467 e. The van der Waals surface area contributed by atoms with E-state index >= 15 is 0 Å². The summed E-state index contributed by atoms with van der Waals surface area (Å²) in [7, 11) is 1.87. The molecule has 0 radical (unpaired) electrons. The zero-order chi connectivity index (χ0) is 20.8. The van der Waals surface area contributed by atoms with Crippen LogP contribution in [0.4, 0.5) is 4.79 Å². The van der Waals surface area contributed by atoms with E-state index in [1.807, 2.05) is 30.1 Å². The third-order valence-electron chi connectivity index (χ3n) is 4.41. The lowest BCUT2D eigenvalue weighted by Crippen LogP contribution is -2.48. The lowest BCUT2D eigenvalue weighted by Gasteiger charge is -2.30. The Bertz CT molecular complexity index is 959.